The number of nitrogens with one attached hydrogen (secondary N) is 3. The first-order valence-electron chi connectivity index (χ1n) is 11.2. The zero-order chi connectivity index (χ0) is 26.8. The van der Waals surface area contributed by atoms with Gasteiger partial charge in [-0.2, -0.15) is 13.2 Å². The van der Waals surface area contributed by atoms with Gasteiger partial charge in [0.25, 0.3) is 0 Å². The molecule has 1 fully saturated rings. The number of rotatable bonds is 7. The topological polar surface area (TPSA) is 114 Å². The molecule has 4 N–H and O–H groups in total. The summed E-state index contributed by atoms with van der Waals surface area (Å²) < 4.78 is 71.2. The number of allylic oxidation sites excluding steroid dienone is 2. The van der Waals surface area contributed by atoms with Gasteiger partial charge in [0.05, 0.1) is 37.4 Å². The number of amides is 2. The van der Waals surface area contributed by atoms with Gasteiger partial charge in [0.15, 0.2) is 11.8 Å². The molecule has 2 amide bonds. The monoisotopic (exact) mass is 524 g/mol. The number of nitrogens with zero attached hydrogens (tertiary/aromatic N) is 1. The highest BCUT2D eigenvalue weighted by Gasteiger charge is 2.41. The van der Waals surface area contributed by atoms with Crippen LogP contribution in [0.2, 0.25) is 0 Å². The number of urea groups is 1. The minimum Gasteiger partial charge on any atom is -0.493 e. The maximum absolute atomic E-state index is 14.7. The van der Waals surface area contributed by atoms with Crippen LogP contribution in [0.25, 0.3) is 5.57 Å². The van der Waals surface area contributed by atoms with E-state index >= 15 is 0 Å². The molecule has 2 aromatic rings. The first-order valence-corrected chi connectivity index (χ1v) is 11.2. The summed E-state index contributed by atoms with van der Waals surface area (Å²) in [5.41, 5.74) is -1.61. The number of aliphatic hydroxyl groups is 1. The fraction of sp³-hybridized carbons (Fsp3) is 0.333. The SMILES string of the molecule is CCOC1=CC(c2ccc(NC(=O)Nc3cnc(OC4(C)COC4)c(C(F)(F)F)c3)c(F)c2)=CNC1O. The molecule has 13 heteroatoms. The maximum Gasteiger partial charge on any atom is 0.421 e. The highest BCUT2D eigenvalue weighted by molar-refractivity contribution is 6.00. The van der Waals surface area contributed by atoms with Gasteiger partial charge in [0.2, 0.25) is 5.88 Å². The molecule has 0 aliphatic carbocycles. The zero-order valence-electron chi connectivity index (χ0n) is 19.8. The molecule has 1 unspecified atom stereocenters. The lowest BCUT2D eigenvalue weighted by molar-refractivity contribution is -0.162. The molecule has 1 atom stereocenters. The molecule has 0 spiro atoms. The molecule has 4 rings (SSSR count). The van der Waals surface area contributed by atoms with E-state index in [9.17, 15) is 27.5 Å². The van der Waals surface area contributed by atoms with E-state index in [0.29, 0.717) is 23.8 Å². The van der Waals surface area contributed by atoms with Gasteiger partial charge in [-0.1, -0.05) is 6.07 Å². The Morgan fingerprint density at radius 2 is 2.05 bits per heavy atom. The number of pyridine rings is 1. The second-order valence-corrected chi connectivity index (χ2v) is 8.54. The average Bonchev–Trinajstić information content (AvgIpc) is 2.81. The number of dihydropyridines is 1. The molecule has 0 radical (unpaired) electrons. The van der Waals surface area contributed by atoms with Crippen molar-refractivity contribution in [1.29, 1.82) is 0 Å². The van der Waals surface area contributed by atoms with Crippen molar-refractivity contribution in [3.63, 3.8) is 0 Å². The van der Waals surface area contributed by atoms with E-state index in [0.717, 1.165) is 12.3 Å². The Balaban J connectivity index is 1.46. The number of hydrogen-bond acceptors (Lipinski definition) is 7. The summed E-state index contributed by atoms with van der Waals surface area (Å²) in [5, 5.41) is 17.0. The third-order valence-corrected chi connectivity index (χ3v) is 5.40. The minimum atomic E-state index is -4.80. The molecule has 3 heterocycles. The largest absolute Gasteiger partial charge is 0.493 e. The van der Waals surface area contributed by atoms with Crippen LogP contribution in [-0.2, 0) is 15.7 Å². The number of aromatic nitrogens is 1. The Kier molecular flexibility index (Phi) is 7.28. The third kappa shape index (κ3) is 6.12. The second-order valence-electron chi connectivity index (χ2n) is 8.54. The first-order chi connectivity index (χ1) is 17.5. The predicted octanol–water partition coefficient (Wildman–Crippen LogP) is 4.23. The highest BCUT2D eigenvalue weighted by Crippen LogP contribution is 2.38. The van der Waals surface area contributed by atoms with Crippen LogP contribution >= 0.6 is 0 Å². The van der Waals surface area contributed by atoms with Crippen molar-refractivity contribution in [3.8, 4) is 5.88 Å². The number of anilines is 2. The number of carbonyl (C=O) groups excluding carboxylic acids is 1. The normalized spacial score (nSPS) is 18.5. The van der Waals surface area contributed by atoms with Crippen molar-refractivity contribution in [2.24, 2.45) is 0 Å². The number of carbonyl (C=O) groups is 1. The lowest BCUT2D eigenvalue weighted by Crippen LogP contribution is -2.52. The molecule has 37 heavy (non-hydrogen) atoms. The Morgan fingerprint density at radius 1 is 1.30 bits per heavy atom. The van der Waals surface area contributed by atoms with Crippen molar-refractivity contribution < 1.29 is 41.7 Å². The lowest BCUT2D eigenvalue weighted by atomic mass is 10.0. The van der Waals surface area contributed by atoms with Crippen LogP contribution in [0.5, 0.6) is 5.88 Å². The molecular weight excluding hydrogens is 500 g/mol. The molecule has 2 aliphatic rings. The van der Waals surface area contributed by atoms with Gasteiger partial charge in [-0.15, -0.1) is 0 Å². The molecular formula is C24H24F4N4O5. The summed E-state index contributed by atoms with van der Waals surface area (Å²) in [7, 11) is 0. The number of hydrogen-bond donors (Lipinski definition) is 4. The fourth-order valence-electron chi connectivity index (χ4n) is 3.55. The Hall–Kier alpha value is -3.84. The minimum absolute atomic E-state index is 0.123. The van der Waals surface area contributed by atoms with Crippen LogP contribution in [0.4, 0.5) is 33.7 Å². The van der Waals surface area contributed by atoms with Crippen LogP contribution in [0, 0.1) is 5.82 Å². The molecule has 1 aromatic heterocycles. The lowest BCUT2D eigenvalue weighted by Gasteiger charge is -2.38. The number of alkyl halides is 3. The summed E-state index contributed by atoms with van der Waals surface area (Å²) in [6.45, 7) is 3.92. The number of ether oxygens (including phenoxy) is 3. The Bertz CT molecular complexity index is 1240. The fourth-order valence-corrected chi connectivity index (χ4v) is 3.55. The van der Waals surface area contributed by atoms with Crippen LogP contribution in [0.15, 0.2) is 48.5 Å². The van der Waals surface area contributed by atoms with Gasteiger partial charge in [-0.3, -0.25) is 0 Å². The number of aliphatic hydroxyl groups excluding tert-OH is 1. The highest BCUT2D eigenvalue weighted by atomic mass is 19.4. The summed E-state index contributed by atoms with van der Waals surface area (Å²) in [4.78, 5) is 16.1. The standard InChI is InChI=1S/C24H24F4N4O5/c1-3-36-19-7-14(9-29-20(19)33)13-4-5-18(17(25)6-13)32-22(34)31-15-8-16(24(26,27)28)21(30-10-15)37-23(2)11-35-12-23/h4-10,20,29,33H,3,11-12H2,1-2H3,(H2,31,32,34). The van der Waals surface area contributed by atoms with Gasteiger partial charge >= 0.3 is 12.2 Å². The summed E-state index contributed by atoms with van der Waals surface area (Å²) in [5.74, 6) is -1.16. The molecule has 0 bridgehead atoms. The van der Waals surface area contributed by atoms with Crippen LogP contribution < -0.4 is 20.7 Å². The first kappa shape index (κ1) is 26.2. The molecule has 2 aliphatic heterocycles. The van der Waals surface area contributed by atoms with Gasteiger partial charge in [-0.25, -0.2) is 14.2 Å². The van der Waals surface area contributed by atoms with Gasteiger partial charge in [0, 0.05) is 11.8 Å². The van der Waals surface area contributed by atoms with Crippen LogP contribution in [-0.4, -0.2) is 47.8 Å². The van der Waals surface area contributed by atoms with Crippen LogP contribution in [0.3, 0.4) is 0 Å². The average molecular weight is 524 g/mol. The molecule has 1 aromatic carbocycles. The summed E-state index contributed by atoms with van der Waals surface area (Å²) in [6, 6.07) is 3.67. The molecule has 0 saturated carbocycles. The van der Waals surface area contributed by atoms with Gasteiger partial charge in [-0.05, 0) is 43.7 Å². The van der Waals surface area contributed by atoms with Crippen molar-refractivity contribution in [3.05, 3.63) is 65.4 Å². The smallest absolute Gasteiger partial charge is 0.421 e. The second kappa shape index (κ2) is 10.3. The third-order valence-electron chi connectivity index (χ3n) is 5.40. The maximum atomic E-state index is 14.7. The van der Waals surface area contributed by atoms with Crippen molar-refractivity contribution in [1.82, 2.24) is 10.3 Å². The van der Waals surface area contributed by atoms with Crippen molar-refractivity contribution in [2.75, 3.05) is 30.5 Å². The van der Waals surface area contributed by atoms with Gasteiger partial charge < -0.3 is 35.3 Å². The molecule has 1 saturated heterocycles. The van der Waals surface area contributed by atoms with Crippen LogP contribution in [0.1, 0.15) is 25.0 Å². The number of benzene rings is 1. The summed E-state index contributed by atoms with van der Waals surface area (Å²) >= 11 is 0. The van der Waals surface area contributed by atoms with E-state index < -0.39 is 41.3 Å². The van der Waals surface area contributed by atoms with Crippen molar-refractivity contribution >= 4 is 23.0 Å². The van der Waals surface area contributed by atoms with E-state index in [1.165, 1.54) is 18.3 Å². The van der Waals surface area contributed by atoms with E-state index in [1.54, 1.807) is 19.9 Å². The Labute approximate surface area is 209 Å². The summed E-state index contributed by atoms with van der Waals surface area (Å²) in [6.07, 6.45) is -1.78. The van der Waals surface area contributed by atoms with Gasteiger partial charge in [0.1, 0.15) is 17.1 Å². The quantitative estimate of drug-likeness (QED) is 0.401. The predicted molar refractivity (Wildman–Crippen MR) is 125 cm³/mol. The van der Waals surface area contributed by atoms with E-state index in [1.807, 2.05) is 0 Å². The molecule has 198 valence electrons. The van der Waals surface area contributed by atoms with Crippen molar-refractivity contribution in [2.45, 2.75) is 31.9 Å². The Morgan fingerprint density at radius 3 is 2.68 bits per heavy atom. The van der Waals surface area contributed by atoms with E-state index in [2.05, 4.69) is 20.9 Å². The van der Waals surface area contributed by atoms with E-state index in [-0.39, 0.29) is 30.3 Å². The van der Waals surface area contributed by atoms with E-state index in [4.69, 9.17) is 14.2 Å². The number of halogens is 4. The molecule has 9 nitrogen and oxygen atoms in total. The zero-order valence-corrected chi connectivity index (χ0v) is 19.8.